The molecule has 0 spiro atoms. The van der Waals surface area contributed by atoms with Crippen molar-refractivity contribution in [2.75, 3.05) is 0 Å². The number of nitrogens with zero attached hydrogens (tertiary/aromatic N) is 1. The molecule has 0 aliphatic heterocycles. The average Bonchev–Trinajstić information content (AvgIpc) is 2.28. The van der Waals surface area contributed by atoms with Crippen molar-refractivity contribution in [3.05, 3.63) is 63.9 Å². The molecule has 0 aliphatic rings. The highest BCUT2D eigenvalue weighted by Gasteiger charge is 2.14. The fourth-order valence-corrected chi connectivity index (χ4v) is 2.10. The van der Waals surface area contributed by atoms with E-state index in [-0.39, 0.29) is 0 Å². The fourth-order valence-electron chi connectivity index (χ4n) is 1.76. The van der Waals surface area contributed by atoms with Gasteiger partial charge in [-0.1, -0.05) is 29.8 Å². The molecule has 1 N–H and O–H groups in total. The van der Waals surface area contributed by atoms with Gasteiger partial charge in [0.15, 0.2) is 0 Å². The maximum absolute atomic E-state index is 10.3. The van der Waals surface area contributed by atoms with Gasteiger partial charge in [-0.25, -0.2) is 0 Å². The van der Waals surface area contributed by atoms with E-state index >= 15 is 0 Å². The van der Waals surface area contributed by atoms with Gasteiger partial charge in [-0.3, -0.25) is 4.98 Å². The fraction of sp³-hybridized carbons (Fsp3) is 0.214. The average molecular weight is 248 g/mol. The second-order valence-electron chi connectivity index (χ2n) is 4.22. The van der Waals surface area contributed by atoms with Crippen LogP contribution in [0.25, 0.3) is 0 Å². The number of hydrogen-bond acceptors (Lipinski definition) is 2. The summed E-state index contributed by atoms with van der Waals surface area (Å²) in [6.45, 7) is 3.91. The molecule has 1 heterocycles. The van der Waals surface area contributed by atoms with Crippen LogP contribution in [-0.2, 0) is 0 Å². The summed E-state index contributed by atoms with van der Waals surface area (Å²) in [7, 11) is 0. The quantitative estimate of drug-likeness (QED) is 0.882. The number of pyridine rings is 1. The van der Waals surface area contributed by atoms with E-state index in [1.54, 1.807) is 12.4 Å². The maximum atomic E-state index is 10.3. The molecular weight excluding hydrogens is 234 g/mol. The molecule has 3 heteroatoms. The summed E-state index contributed by atoms with van der Waals surface area (Å²) in [6, 6.07) is 7.55. The highest BCUT2D eigenvalue weighted by Crippen LogP contribution is 2.28. The second-order valence-corrected chi connectivity index (χ2v) is 4.63. The Balaban J connectivity index is 2.40. The van der Waals surface area contributed by atoms with Crippen LogP contribution in [0.1, 0.15) is 28.4 Å². The third-order valence-electron chi connectivity index (χ3n) is 2.66. The Labute approximate surface area is 106 Å². The van der Waals surface area contributed by atoms with Crippen molar-refractivity contribution in [2.45, 2.75) is 20.0 Å². The first-order valence-corrected chi connectivity index (χ1v) is 5.81. The number of hydrogen-bond donors (Lipinski definition) is 1. The number of rotatable bonds is 2. The summed E-state index contributed by atoms with van der Waals surface area (Å²) < 4.78 is 0. The highest BCUT2D eigenvalue weighted by molar-refractivity contribution is 6.31. The number of halogens is 1. The van der Waals surface area contributed by atoms with Crippen molar-refractivity contribution in [3.8, 4) is 0 Å². The van der Waals surface area contributed by atoms with Gasteiger partial charge < -0.3 is 5.11 Å². The molecule has 88 valence electrons. The van der Waals surface area contributed by atoms with Gasteiger partial charge in [0.2, 0.25) is 0 Å². The van der Waals surface area contributed by atoms with Crippen LogP contribution in [0.3, 0.4) is 0 Å². The van der Waals surface area contributed by atoms with E-state index in [0.29, 0.717) is 10.6 Å². The molecule has 1 aromatic carbocycles. The van der Waals surface area contributed by atoms with Gasteiger partial charge in [-0.2, -0.15) is 0 Å². The van der Waals surface area contributed by atoms with Gasteiger partial charge in [-0.05, 0) is 31.0 Å². The molecule has 2 aromatic rings. The Kier molecular flexibility index (Phi) is 3.46. The molecule has 1 atom stereocenters. The van der Waals surface area contributed by atoms with Crippen molar-refractivity contribution >= 4 is 11.6 Å². The number of benzene rings is 1. The molecule has 1 unspecified atom stereocenters. The van der Waals surface area contributed by atoms with Crippen LogP contribution in [-0.4, -0.2) is 10.1 Å². The first-order chi connectivity index (χ1) is 8.08. The summed E-state index contributed by atoms with van der Waals surface area (Å²) in [5.41, 5.74) is 3.57. The van der Waals surface area contributed by atoms with Crippen molar-refractivity contribution in [3.63, 3.8) is 0 Å². The zero-order chi connectivity index (χ0) is 12.4. The van der Waals surface area contributed by atoms with Gasteiger partial charge in [0.05, 0.1) is 0 Å². The monoisotopic (exact) mass is 247 g/mol. The SMILES string of the molecule is Cc1cncc(C(O)c2ccc(C)cc2Cl)c1. The van der Waals surface area contributed by atoms with E-state index in [1.807, 2.05) is 38.1 Å². The van der Waals surface area contributed by atoms with E-state index < -0.39 is 6.10 Å². The van der Waals surface area contributed by atoms with Crippen LogP contribution < -0.4 is 0 Å². The molecule has 0 saturated carbocycles. The van der Waals surface area contributed by atoms with Crippen molar-refractivity contribution in [1.82, 2.24) is 4.98 Å². The minimum absolute atomic E-state index is 0.582. The van der Waals surface area contributed by atoms with Crippen molar-refractivity contribution in [1.29, 1.82) is 0 Å². The van der Waals surface area contributed by atoms with Crippen LogP contribution in [0, 0.1) is 13.8 Å². The van der Waals surface area contributed by atoms with E-state index in [4.69, 9.17) is 11.6 Å². The summed E-state index contributed by atoms with van der Waals surface area (Å²) in [5.74, 6) is 0. The molecule has 0 fully saturated rings. The minimum Gasteiger partial charge on any atom is -0.384 e. The third kappa shape index (κ3) is 2.65. The van der Waals surface area contributed by atoms with Gasteiger partial charge in [0.25, 0.3) is 0 Å². The predicted molar refractivity (Wildman–Crippen MR) is 69.2 cm³/mol. The second kappa shape index (κ2) is 4.86. The number of aliphatic hydroxyl groups excluding tert-OH is 1. The summed E-state index contributed by atoms with van der Waals surface area (Å²) in [4.78, 5) is 4.07. The van der Waals surface area contributed by atoms with Gasteiger partial charge >= 0.3 is 0 Å². The van der Waals surface area contributed by atoms with Crippen LogP contribution in [0.5, 0.6) is 0 Å². The summed E-state index contributed by atoms with van der Waals surface area (Å²) in [6.07, 6.45) is 2.69. The minimum atomic E-state index is -0.726. The molecule has 2 rings (SSSR count). The Morgan fingerprint density at radius 3 is 2.53 bits per heavy atom. The Hall–Kier alpha value is -1.38. The topological polar surface area (TPSA) is 33.1 Å². The molecule has 0 saturated heterocycles. The molecule has 2 nitrogen and oxygen atoms in total. The zero-order valence-electron chi connectivity index (χ0n) is 9.81. The molecule has 0 bridgehead atoms. The summed E-state index contributed by atoms with van der Waals surface area (Å²) in [5, 5.41) is 10.8. The Bertz CT molecular complexity index is 539. The number of aryl methyl sites for hydroxylation is 2. The first-order valence-electron chi connectivity index (χ1n) is 5.43. The standard InChI is InChI=1S/C14H14ClNO/c1-9-3-4-12(13(15)6-9)14(17)11-5-10(2)7-16-8-11/h3-8,14,17H,1-2H3. The molecule has 17 heavy (non-hydrogen) atoms. The van der Waals surface area contributed by atoms with E-state index in [1.165, 1.54) is 0 Å². The maximum Gasteiger partial charge on any atom is 0.107 e. The number of aromatic nitrogens is 1. The molecule has 0 amide bonds. The predicted octanol–water partition coefficient (Wildman–Crippen LogP) is 3.43. The van der Waals surface area contributed by atoms with E-state index in [9.17, 15) is 5.11 Å². The lowest BCUT2D eigenvalue weighted by Crippen LogP contribution is -2.01. The molecule has 0 radical (unpaired) electrons. The normalized spacial score (nSPS) is 12.5. The van der Waals surface area contributed by atoms with E-state index in [0.717, 1.165) is 16.7 Å². The molecule has 0 aliphatic carbocycles. The lowest BCUT2D eigenvalue weighted by Gasteiger charge is -2.13. The van der Waals surface area contributed by atoms with Crippen LogP contribution in [0.4, 0.5) is 0 Å². The lowest BCUT2D eigenvalue weighted by atomic mass is 10.0. The summed E-state index contributed by atoms with van der Waals surface area (Å²) >= 11 is 6.13. The Morgan fingerprint density at radius 1 is 1.12 bits per heavy atom. The number of aliphatic hydroxyl groups is 1. The van der Waals surface area contributed by atoms with Gasteiger partial charge in [-0.15, -0.1) is 0 Å². The van der Waals surface area contributed by atoms with Gasteiger partial charge in [0.1, 0.15) is 6.10 Å². The molecule has 1 aromatic heterocycles. The zero-order valence-corrected chi connectivity index (χ0v) is 10.6. The molecular formula is C14H14ClNO. The van der Waals surface area contributed by atoms with Gasteiger partial charge in [0, 0.05) is 28.5 Å². The Morgan fingerprint density at radius 2 is 1.88 bits per heavy atom. The lowest BCUT2D eigenvalue weighted by molar-refractivity contribution is 0.220. The van der Waals surface area contributed by atoms with Crippen LogP contribution >= 0.6 is 11.6 Å². The van der Waals surface area contributed by atoms with Crippen molar-refractivity contribution < 1.29 is 5.11 Å². The first kappa shape index (κ1) is 12.1. The smallest absolute Gasteiger partial charge is 0.107 e. The third-order valence-corrected chi connectivity index (χ3v) is 2.99. The van der Waals surface area contributed by atoms with Crippen LogP contribution in [0.2, 0.25) is 5.02 Å². The van der Waals surface area contributed by atoms with E-state index in [2.05, 4.69) is 4.98 Å². The largest absolute Gasteiger partial charge is 0.384 e. The highest BCUT2D eigenvalue weighted by atomic mass is 35.5. The van der Waals surface area contributed by atoms with Crippen LogP contribution in [0.15, 0.2) is 36.7 Å². The van der Waals surface area contributed by atoms with Crippen molar-refractivity contribution in [2.24, 2.45) is 0 Å².